The van der Waals surface area contributed by atoms with Crippen LogP contribution in [0, 0.1) is 6.92 Å². The molecule has 0 radical (unpaired) electrons. The molecule has 2 amide bonds. The van der Waals surface area contributed by atoms with Gasteiger partial charge in [0.05, 0.1) is 12.8 Å². The molecule has 0 fully saturated rings. The Hall–Kier alpha value is -3.26. The van der Waals surface area contributed by atoms with E-state index < -0.39 is 18.5 Å². The van der Waals surface area contributed by atoms with Crippen molar-refractivity contribution in [2.24, 2.45) is 0 Å². The van der Waals surface area contributed by atoms with Crippen molar-refractivity contribution in [3.8, 4) is 11.5 Å². The second-order valence-electron chi connectivity index (χ2n) is 7.39. The summed E-state index contributed by atoms with van der Waals surface area (Å²) in [5.74, 6) is -0.432. The molecule has 0 aliphatic carbocycles. The number of carbonyl (C=O) groups excluding carboxylic acids is 3. The van der Waals surface area contributed by atoms with Crippen molar-refractivity contribution in [2.75, 3.05) is 31.0 Å². The molecule has 9 heteroatoms. The molecule has 0 bridgehead atoms. The number of anilines is 2. The SMILES string of the molecule is COc1ccc(NC(C)=O)cc1NC(=O)COC(=O)COc1cc(C)c(Cl)cc1C(C)C. The molecular formula is C23H27ClN2O6. The van der Waals surface area contributed by atoms with E-state index in [2.05, 4.69) is 10.6 Å². The lowest BCUT2D eigenvalue weighted by atomic mass is 10.0. The Morgan fingerprint density at radius 1 is 1.03 bits per heavy atom. The maximum absolute atomic E-state index is 12.2. The van der Waals surface area contributed by atoms with Gasteiger partial charge in [0.1, 0.15) is 11.5 Å². The standard InChI is InChI=1S/C23H27ClN2O6/c1-13(2)17-10-18(24)14(3)8-21(17)31-12-23(29)32-11-22(28)26-19-9-16(25-15(4)27)6-7-20(19)30-5/h6-10,13H,11-12H2,1-5H3,(H,25,27)(H,26,28). The molecule has 172 valence electrons. The van der Waals surface area contributed by atoms with Crippen LogP contribution in [-0.4, -0.2) is 38.1 Å². The van der Waals surface area contributed by atoms with Crippen LogP contribution in [0.5, 0.6) is 11.5 Å². The van der Waals surface area contributed by atoms with Gasteiger partial charge in [-0.2, -0.15) is 0 Å². The Kier molecular flexibility index (Phi) is 8.90. The van der Waals surface area contributed by atoms with Crippen molar-refractivity contribution in [1.82, 2.24) is 0 Å². The number of halogens is 1. The molecule has 0 atom stereocenters. The number of esters is 1. The molecule has 0 spiro atoms. The molecule has 2 rings (SSSR count). The van der Waals surface area contributed by atoms with Crippen LogP contribution >= 0.6 is 11.6 Å². The van der Waals surface area contributed by atoms with Gasteiger partial charge in [-0.1, -0.05) is 25.4 Å². The van der Waals surface area contributed by atoms with E-state index in [1.165, 1.54) is 14.0 Å². The van der Waals surface area contributed by atoms with Crippen molar-refractivity contribution < 1.29 is 28.6 Å². The van der Waals surface area contributed by atoms with Crippen molar-refractivity contribution >= 4 is 40.8 Å². The van der Waals surface area contributed by atoms with Gasteiger partial charge in [0.2, 0.25) is 5.91 Å². The summed E-state index contributed by atoms with van der Waals surface area (Å²) in [5, 5.41) is 5.83. The second-order valence-corrected chi connectivity index (χ2v) is 7.79. The lowest BCUT2D eigenvalue weighted by molar-refractivity contribution is -0.149. The summed E-state index contributed by atoms with van der Waals surface area (Å²) >= 11 is 6.18. The average molecular weight is 463 g/mol. The third-order valence-electron chi connectivity index (χ3n) is 4.42. The molecule has 0 saturated heterocycles. The molecule has 0 heterocycles. The Labute approximate surface area is 192 Å². The second kappa shape index (κ2) is 11.4. The van der Waals surface area contributed by atoms with Crippen LogP contribution in [0.4, 0.5) is 11.4 Å². The number of carbonyl (C=O) groups is 3. The Morgan fingerprint density at radius 2 is 1.75 bits per heavy atom. The van der Waals surface area contributed by atoms with Gasteiger partial charge >= 0.3 is 5.97 Å². The van der Waals surface area contributed by atoms with E-state index in [9.17, 15) is 14.4 Å². The van der Waals surface area contributed by atoms with Gasteiger partial charge in [-0.25, -0.2) is 4.79 Å². The van der Waals surface area contributed by atoms with E-state index >= 15 is 0 Å². The molecule has 8 nitrogen and oxygen atoms in total. The zero-order valence-corrected chi connectivity index (χ0v) is 19.5. The maximum Gasteiger partial charge on any atom is 0.344 e. The molecule has 0 unspecified atom stereocenters. The van der Waals surface area contributed by atoms with Crippen LogP contribution in [0.15, 0.2) is 30.3 Å². The highest BCUT2D eigenvalue weighted by molar-refractivity contribution is 6.31. The number of nitrogens with one attached hydrogen (secondary N) is 2. The van der Waals surface area contributed by atoms with E-state index in [0.29, 0.717) is 27.9 Å². The third kappa shape index (κ3) is 7.16. The smallest absolute Gasteiger partial charge is 0.344 e. The zero-order chi connectivity index (χ0) is 23.8. The van der Waals surface area contributed by atoms with Crippen LogP contribution in [-0.2, 0) is 19.1 Å². The van der Waals surface area contributed by atoms with Gasteiger partial charge in [0.15, 0.2) is 13.2 Å². The van der Waals surface area contributed by atoms with Crippen LogP contribution in [0.1, 0.15) is 37.8 Å². The minimum Gasteiger partial charge on any atom is -0.495 e. The fourth-order valence-corrected chi connectivity index (χ4v) is 3.02. The summed E-state index contributed by atoms with van der Waals surface area (Å²) < 4.78 is 15.8. The van der Waals surface area contributed by atoms with Crippen LogP contribution < -0.4 is 20.1 Å². The minimum absolute atomic E-state index is 0.146. The summed E-state index contributed by atoms with van der Waals surface area (Å²) in [4.78, 5) is 35.5. The number of amides is 2. The van der Waals surface area contributed by atoms with Crippen molar-refractivity contribution in [2.45, 2.75) is 33.6 Å². The topological polar surface area (TPSA) is 103 Å². The first kappa shape index (κ1) is 25.0. The molecule has 0 aliphatic heterocycles. The first-order valence-electron chi connectivity index (χ1n) is 9.94. The monoisotopic (exact) mass is 462 g/mol. The lowest BCUT2D eigenvalue weighted by Gasteiger charge is -2.16. The largest absolute Gasteiger partial charge is 0.495 e. The van der Waals surface area contributed by atoms with Crippen LogP contribution in [0.25, 0.3) is 0 Å². The van der Waals surface area contributed by atoms with E-state index in [1.807, 2.05) is 26.8 Å². The summed E-state index contributed by atoms with van der Waals surface area (Å²) in [6.07, 6.45) is 0. The van der Waals surface area contributed by atoms with E-state index in [4.69, 9.17) is 25.8 Å². The molecule has 2 N–H and O–H groups in total. The number of hydrogen-bond acceptors (Lipinski definition) is 6. The maximum atomic E-state index is 12.2. The number of methoxy groups -OCH3 is 1. The van der Waals surface area contributed by atoms with Crippen LogP contribution in [0.2, 0.25) is 5.02 Å². The van der Waals surface area contributed by atoms with Crippen molar-refractivity contribution in [3.63, 3.8) is 0 Å². The predicted octanol–water partition coefficient (Wildman–Crippen LogP) is 4.30. The van der Waals surface area contributed by atoms with Gasteiger partial charge in [-0.3, -0.25) is 9.59 Å². The zero-order valence-electron chi connectivity index (χ0n) is 18.7. The highest BCUT2D eigenvalue weighted by Crippen LogP contribution is 2.32. The highest BCUT2D eigenvalue weighted by Gasteiger charge is 2.15. The number of rotatable bonds is 9. The first-order valence-corrected chi connectivity index (χ1v) is 10.3. The Morgan fingerprint density at radius 3 is 2.38 bits per heavy atom. The van der Waals surface area contributed by atoms with Crippen molar-refractivity contribution in [3.05, 3.63) is 46.5 Å². The van der Waals surface area contributed by atoms with Gasteiger partial charge in [0.25, 0.3) is 5.91 Å². The normalized spacial score (nSPS) is 10.5. The molecule has 2 aromatic carbocycles. The molecule has 32 heavy (non-hydrogen) atoms. The average Bonchev–Trinajstić information content (AvgIpc) is 2.72. The molecule has 0 aromatic heterocycles. The predicted molar refractivity (Wildman–Crippen MR) is 123 cm³/mol. The summed E-state index contributed by atoms with van der Waals surface area (Å²) in [5.41, 5.74) is 2.51. The summed E-state index contributed by atoms with van der Waals surface area (Å²) in [7, 11) is 1.45. The van der Waals surface area contributed by atoms with Gasteiger partial charge in [-0.15, -0.1) is 0 Å². The molecule has 2 aromatic rings. The summed E-state index contributed by atoms with van der Waals surface area (Å²) in [6, 6.07) is 8.36. The molecule has 0 aliphatic rings. The first-order chi connectivity index (χ1) is 15.1. The van der Waals surface area contributed by atoms with Crippen molar-refractivity contribution in [1.29, 1.82) is 0 Å². The fourth-order valence-electron chi connectivity index (χ4n) is 2.84. The van der Waals surface area contributed by atoms with E-state index in [1.54, 1.807) is 24.3 Å². The third-order valence-corrected chi connectivity index (χ3v) is 4.82. The Balaban J connectivity index is 1.93. The summed E-state index contributed by atoms with van der Waals surface area (Å²) in [6.45, 7) is 6.34. The lowest BCUT2D eigenvalue weighted by Crippen LogP contribution is -2.24. The van der Waals surface area contributed by atoms with Gasteiger partial charge in [-0.05, 0) is 54.3 Å². The number of hydrogen-bond donors (Lipinski definition) is 2. The number of aryl methyl sites for hydroxylation is 1. The minimum atomic E-state index is -0.693. The number of benzene rings is 2. The van der Waals surface area contributed by atoms with E-state index in [0.717, 1.165) is 11.1 Å². The van der Waals surface area contributed by atoms with Gasteiger partial charge < -0.3 is 24.8 Å². The fraction of sp³-hybridized carbons (Fsp3) is 0.348. The van der Waals surface area contributed by atoms with Gasteiger partial charge in [0, 0.05) is 17.6 Å². The highest BCUT2D eigenvalue weighted by atomic mass is 35.5. The molecule has 0 saturated carbocycles. The van der Waals surface area contributed by atoms with Crippen LogP contribution in [0.3, 0.4) is 0 Å². The number of ether oxygens (including phenoxy) is 3. The quantitative estimate of drug-likeness (QED) is 0.538. The Bertz CT molecular complexity index is 1010. The van der Waals surface area contributed by atoms with E-state index in [-0.39, 0.29) is 18.4 Å². The molecular weight excluding hydrogens is 436 g/mol.